The van der Waals surface area contributed by atoms with Gasteiger partial charge in [0, 0.05) is 37.8 Å². The van der Waals surface area contributed by atoms with E-state index < -0.39 is 11.9 Å². The Bertz CT molecular complexity index is 753. The Morgan fingerprint density at radius 3 is 2.28 bits per heavy atom. The molecule has 1 amide bonds. The molecule has 8 heteroatoms. The van der Waals surface area contributed by atoms with Crippen LogP contribution in [0, 0.1) is 6.92 Å². The minimum absolute atomic E-state index is 0.0710. The second-order valence-electron chi connectivity index (χ2n) is 5.90. The summed E-state index contributed by atoms with van der Waals surface area (Å²) in [4.78, 5) is 23.1. The summed E-state index contributed by atoms with van der Waals surface area (Å²) >= 11 is 0. The van der Waals surface area contributed by atoms with Crippen LogP contribution in [0.25, 0.3) is 0 Å². The lowest BCUT2D eigenvalue weighted by atomic mass is 10.1. The number of piperazine rings is 1. The predicted molar refractivity (Wildman–Crippen MR) is 86.3 cm³/mol. The van der Waals surface area contributed by atoms with Crippen molar-refractivity contribution in [3.63, 3.8) is 0 Å². The van der Waals surface area contributed by atoms with Gasteiger partial charge in [-0.2, -0.15) is 13.2 Å². The highest BCUT2D eigenvalue weighted by Gasteiger charge is 2.33. The third-order valence-electron chi connectivity index (χ3n) is 4.13. The van der Waals surface area contributed by atoms with Gasteiger partial charge in [-0.3, -0.25) is 4.79 Å². The second kappa shape index (κ2) is 6.70. The molecule has 3 rings (SSSR count). The molecule has 1 aliphatic rings. The Morgan fingerprint density at radius 1 is 1.04 bits per heavy atom. The summed E-state index contributed by atoms with van der Waals surface area (Å²) in [5.74, 6) is 0.156. The molecule has 5 nitrogen and oxygen atoms in total. The zero-order valence-electron chi connectivity index (χ0n) is 13.6. The minimum Gasteiger partial charge on any atom is -0.353 e. The molecule has 2 heterocycles. The molecule has 1 saturated heterocycles. The first-order chi connectivity index (χ1) is 11.8. The van der Waals surface area contributed by atoms with Crippen LogP contribution in [0.5, 0.6) is 0 Å². The molecule has 0 radical (unpaired) electrons. The number of amides is 1. The van der Waals surface area contributed by atoms with E-state index in [9.17, 15) is 18.0 Å². The Labute approximate surface area is 143 Å². The van der Waals surface area contributed by atoms with E-state index in [-0.39, 0.29) is 11.7 Å². The number of aromatic nitrogens is 2. The number of aryl methyl sites for hydroxylation is 1. The fourth-order valence-electron chi connectivity index (χ4n) is 2.69. The summed E-state index contributed by atoms with van der Waals surface area (Å²) < 4.78 is 38.3. The number of anilines is 1. The molecule has 2 aromatic rings. The molecule has 1 fully saturated rings. The Balaban J connectivity index is 1.66. The van der Waals surface area contributed by atoms with Gasteiger partial charge in [0.15, 0.2) is 0 Å². The number of halogens is 3. The number of carbonyl (C=O) groups is 1. The molecule has 0 spiro atoms. The maximum atomic E-state index is 12.8. The number of rotatable bonds is 2. The van der Waals surface area contributed by atoms with Crippen molar-refractivity contribution in [2.75, 3.05) is 31.1 Å². The van der Waals surface area contributed by atoms with Gasteiger partial charge in [-0.1, -0.05) is 17.7 Å². The van der Waals surface area contributed by atoms with Crippen molar-refractivity contribution in [3.05, 3.63) is 53.5 Å². The third kappa shape index (κ3) is 3.89. The molecule has 0 unspecified atom stereocenters. The fraction of sp³-hybridized carbons (Fsp3) is 0.353. The SMILES string of the molecule is Cc1ccc(C(=O)N2CCN(c3cc(C(F)(F)F)ncn3)CC2)cc1. The van der Waals surface area contributed by atoms with Gasteiger partial charge in [-0.15, -0.1) is 0 Å². The van der Waals surface area contributed by atoms with Crippen LogP contribution in [-0.4, -0.2) is 47.0 Å². The van der Waals surface area contributed by atoms with E-state index >= 15 is 0 Å². The van der Waals surface area contributed by atoms with Crippen LogP contribution in [0.2, 0.25) is 0 Å². The first-order valence-corrected chi connectivity index (χ1v) is 7.85. The minimum atomic E-state index is -4.50. The van der Waals surface area contributed by atoms with Gasteiger partial charge in [0.25, 0.3) is 5.91 Å². The van der Waals surface area contributed by atoms with Crippen molar-refractivity contribution in [1.29, 1.82) is 0 Å². The first-order valence-electron chi connectivity index (χ1n) is 7.85. The van der Waals surface area contributed by atoms with Gasteiger partial charge in [0.1, 0.15) is 17.8 Å². The summed E-state index contributed by atoms with van der Waals surface area (Å²) in [6.45, 7) is 3.65. The van der Waals surface area contributed by atoms with Crippen LogP contribution < -0.4 is 4.90 Å². The number of hydrogen-bond acceptors (Lipinski definition) is 4. The lowest BCUT2D eigenvalue weighted by Gasteiger charge is -2.35. The highest BCUT2D eigenvalue weighted by atomic mass is 19.4. The molecule has 0 bridgehead atoms. The van der Waals surface area contributed by atoms with E-state index in [1.165, 1.54) is 0 Å². The largest absolute Gasteiger partial charge is 0.433 e. The summed E-state index contributed by atoms with van der Waals surface area (Å²) in [5.41, 5.74) is 0.724. The normalized spacial score (nSPS) is 15.4. The molecule has 0 N–H and O–H groups in total. The van der Waals surface area contributed by atoms with Crippen LogP contribution in [-0.2, 0) is 6.18 Å². The summed E-state index contributed by atoms with van der Waals surface area (Å²) in [7, 11) is 0. The molecule has 0 atom stereocenters. The molecule has 1 aromatic heterocycles. The molecule has 1 aromatic carbocycles. The summed E-state index contributed by atoms with van der Waals surface area (Å²) in [6.07, 6.45) is -3.58. The average molecular weight is 350 g/mol. The molecule has 25 heavy (non-hydrogen) atoms. The van der Waals surface area contributed by atoms with E-state index in [1.54, 1.807) is 21.9 Å². The topological polar surface area (TPSA) is 49.3 Å². The molecule has 0 aliphatic carbocycles. The molecule has 132 valence electrons. The number of carbonyl (C=O) groups excluding carboxylic acids is 1. The van der Waals surface area contributed by atoms with Gasteiger partial charge in [0.05, 0.1) is 0 Å². The van der Waals surface area contributed by atoms with E-state index in [0.717, 1.165) is 18.0 Å². The third-order valence-corrected chi connectivity index (χ3v) is 4.13. The zero-order valence-corrected chi connectivity index (χ0v) is 13.6. The molecule has 1 aliphatic heterocycles. The lowest BCUT2D eigenvalue weighted by molar-refractivity contribution is -0.141. The van der Waals surface area contributed by atoms with Gasteiger partial charge in [-0.25, -0.2) is 9.97 Å². The lowest BCUT2D eigenvalue weighted by Crippen LogP contribution is -2.49. The smallest absolute Gasteiger partial charge is 0.353 e. The summed E-state index contributed by atoms with van der Waals surface area (Å²) in [6, 6.07) is 8.26. The number of benzene rings is 1. The van der Waals surface area contributed by atoms with Crippen LogP contribution in [0.1, 0.15) is 21.6 Å². The van der Waals surface area contributed by atoms with E-state index in [2.05, 4.69) is 9.97 Å². The van der Waals surface area contributed by atoms with Crippen molar-refractivity contribution >= 4 is 11.7 Å². The maximum absolute atomic E-state index is 12.8. The average Bonchev–Trinajstić information content (AvgIpc) is 2.61. The van der Waals surface area contributed by atoms with Crippen molar-refractivity contribution in [2.24, 2.45) is 0 Å². The highest BCUT2D eigenvalue weighted by Crippen LogP contribution is 2.29. The van der Waals surface area contributed by atoms with E-state index in [4.69, 9.17) is 0 Å². The van der Waals surface area contributed by atoms with Crippen LogP contribution in [0.3, 0.4) is 0 Å². The van der Waals surface area contributed by atoms with Crippen LogP contribution in [0.4, 0.5) is 19.0 Å². The van der Waals surface area contributed by atoms with Crippen molar-refractivity contribution < 1.29 is 18.0 Å². The Kier molecular flexibility index (Phi) is 4.61. The molecular formula is C17H17F3N4O. The summed E-state index contributed by atoms with van der Waals surface area (Å²) in [5, 5.41) is 0. The molecular weight excluding hydrogens is 333 g/mol. The Hall–Kier alpha value is -2.64. The van der Waals surface area contributed by atoms with Crippen LogP contribution >= 0.6 is 0 Å². The molecule has 0 saturated carbocycles. The predicted octanol–water partition coefficient (Wildman–Crippen LogP) is 2.77. The van der Waals surface area contributed by atoms with Gasteiger partial charge < -0.3 is 9.80 Å². The van der Waals surface area contributed by atoms with Gasteiger partial charge >= 0.3 is 6.18 Å². The fourth-order valence-corrected chi connectivity index (χ4v) is 2.69. The standard InChI is InChI=1S/C17H17F3N4O/c1-12-2-4-13(5-3-12)16(25)24-8-6-23(7-9-24)15-10-14(17(18,19)20)21-11-22-15/h2-5,10-11H,6-9H2,1H3. The van der Waals surface area contributed by atoms with E-state index in [0.29, 0.717) is 31.7 Å². The monoisotopic (exact) mass is 350 g/mol. The number of hydrogen-bond donors (Lipinski definition) is 0. The van der Waals surface area contributed by atoms with Gasteiger partial charge in [0.2, 0.25) is 0 Å². The highest BCUT2D eigenvalue weighted by molar-refractivity contribution is 5.94. The van der Waals surface area contributed by atoms with Gasteiger partial charge in [-0.05, 0) is 19.1 Å². The van der Waals surface area contributed by atoms with Crippen molar-refractivity contribution in [1.82, 2.24) is 14.9 Å². The first kappa shape index (κ1) is 17.2. The zero-order chi connectivity index (χ0) is 18.0. The van der Waals surface area contributed by atoms with Crippen LogP contribution in [0.15, 0.2) is 36.7 Å². The quantitative estimate of drug-likeness (QED) is 0.836. The second-order valence-corrected chi connectivity index (χ2v) is 5.90. The Morgan fingerprint density at radius 2 is 1.68 bits per heavy atom. The maximum Gasteiger partial charge on any atom is 0.433 e. The van der Waals surface area contributed by atoms with Crippen molar-refractivity contribution in [3.8, 4) is 0 Å². The van der Waals surface area contributed by atoms with E-state index in [1.807, 2.05) is 19.1 Å². The number of nitrogens with zero attached hydrogens (tertiary/aromatic N) is 4. The number of alkyl halides is 3. The van der Waals surface area contributed by atoms with Crippen molar-refractivity contribution in [2.45, 2.75) is 13.1 Å².